The first-order valence-electron chi connectivity index (χ1n) is 6.83. The number of nitrogens with one attached hydrogen (secondary N) is 1. The lowest BCUT2D eigenvalue weighted by Gasteiger charge is -2.12. The number of amides is 1. The number of hydrogen-bond acceptors (Lipinski definition) is 3. The number of hydrogen-bond donors (Lipinski definition) is 2. The maximum Gasteiger partial charge on any atom is 0.241 e. The summed E-state index contributed by atoms with van der Waals surface area (Å²) >= 11 is 1.89. The van der Waals surface area contributed by atoms with Crippen molar-refractivity contribution in [3.05, 3.63) is 35.9 Å². The van der Waals surface area contributed by atoms with Gasteiger partial charge in [-0.2, -0.15) is 11.8 Å². The predicted molar refractivity (Wildman–Crippen MR) is 83.2 cm³/mol. The van der Waals surface area contributed by atoms with Crippen molar-refractivity contribution in [2.75, 3.05) is 18.6 Å². The van der Waals surface area contributed by atoms with Crippen LogP contribution in [0.2, 0.25) is 0 Å². The van der Waals surface area contributed by atoms with E-state index < -0.39 is 6.04 Å². The quantitative estimate of drug-likeness (QED) is 0.684. The second kappa shape index (κ2) is 9.87. The molecule has 0 radical (unpaired) electrons. The summed E-state index contributed by atoms with van der Waals surface area (Å²) in [7, 11) is 0. The van der Waals surface area contributed by atoms with Gasteiger partial charge in [-0.3, -0.25) is 4.79 Å². The fraction of sp³-hybridized carbons (Fsp3) is 0.533. The van der Waals surface area contributed by atoms with Crippen molar-refractivity contribution in [3.8, 4) is 0 Å². The normalized spacial score (nSPS) is 12.1. The zero-order chi connectivity index (χ0) is 13.9. The first-order valence-corrected chi connectivity index (χ1v) is 8.22. The highest BCUT2D eigenvalue weighted by Gasteiger charge is 2.14. The molecule has 4 heteroatoms. The molecule has 0 aliphatic heterocycles. The zero-order valence-electron chi connectivity index (χ0n) is 11.6. The van der Waals surface area contributed by atoms with Crippen molar-refractivity contribution < 1.29 is 4.79 Å². The van der Waals surface area contributed by atoms with Gasteiger partial charge in [0.15, 0.2) is 0 Å². The fourth-order valence-electron chi connectivity index (χ4n) is 1.86. The van der Waals surface area contributed by atoms with Crippen molar-refractivity contribution in [2.24, 2.45) is 5.73 Å². The van der Waals surface area contributed by atoms with Gasteiger partial charge in [-0.15, -0.1) is 0 Å². The first kappa shape index (κ1) is 16.1. The van der Waals surface area contributed by atoms with Crippen molar-refractivity contribution in [2.45, 2.75) is 31.7 Å². The lowest BCUT2D eigenvalue weighted by atomic mass is 10.1. The van der Waals surface area contributed by atoms with Crippen molar-refractivity contribution in [1.82, 2.24) is 5.32 Å². The summed E-state index contributed by atoms with van der Waals surface area (Å²) in [5, 5.41) is 2.90. The maximum atomic E-state index is 11.8. The van der Waals surface area contributed by atoms with Crippen LogP contribution < -0.4 is 11.1 Å². The molecule has 3 N–H and O–H groups in total. The van der Waals surface area contributed by atoms with Crippen LogP contribution in [0, 0.1) is 0 Å². The molecule has 19 heavy (non-hydrogen) atoms. The second-order valence-corrected chi connectivity index (χ2v) is 5.57. The smallest absolute Gasteiger partial charge is 0.241 e. The van der Waals surface area contributed by atoms with Crippen LogP contribution in [0.4, 0.5) is 0 Å². The predicted octanol–water partition coefficient (Wildman–Crippen LogP) is 2.73. The molecule has 0 aromatic heterocycles. The minimum absolute atomic E-state index is 0.0877. The summed E-state index contributed by atoms with van der Waals surface area (Å²) in [5.41, 5.74) is 6.77. The van der Waals surface area contributed by atoms with Crippen LogP contribution in [0.5, 0.6) is 0 Å². The Kier molecular flexibility index (Phi) is 8.34. The van der Waals surface area contributed by atoms with Crippen LogP contribution in [0.3, 0.4) is 0 Å². The van der Waals surface area contributed by atoms with Crippen LogP contribution >= 0.6 is 11.8 Å². The summed E-state index contributed by atoms with van der Waals surface area (Å²) in [4.78, 5) is 11.8. The Labute approximate surface area is 120 Å². The van der Waals surface area contributed by atoms with Crippen molar-refractivity contribution in [3.63, 3.8) is 0 Å². The summed E-state index contributed by atoms with van der Waals surface area (Å²) in [6, 6.07) is 8.92. The number of rotatable bonds is 9. The molecule has 0 aliphatic carbocycles. The molecule has 0 unspecified atom stereocenters. The van der Waals surface area contributed by atoms with Gasteiger partial charge in [0.2, 0.25) is 5.91 Å². The SMILES string of the molecule is CSCCCCCCNC(=O)[C@@H](N)c1ccccc1. The highest BCUT2D eigenvalue weighted by Crippen LogP contribution is 2.09. The average molecular weight is 280 g/mol. The average Bonchev–Trinajstić information content (AvgIpc) is 2.46. The second-order valence-electron chi connectivity index (χ2n) is 4.59. The van der Waals surface area contributed by atoms with E-state index in [0.717, 1.165) is 18.5 Å². The van der Waals surface area contributed by atoms with Gasteiger partial charge < -0.3 is 11.1 Å². The van der Waals surface area contributed by atoms with Gasteiger partial charge in [0, 0.05) is 6.54 Å². The van der Waals surface area contributed by atoms with Gasteiger partial charge in [-0.1, -0.05) is 43.2 Å². The van der Waals surface area contributed by atoms with Crippen LogP contribution in [0.15, 0.2) is 30.3 Å². The standard InChI is InChI=1S/C15H24N2OS/c1-19-12-8-3-2-7-11-17-15(18)14(16)13-9-5-4-6-10-13/h4-6,9-10,14H,2-3,7-8,11-12,16H2,1H3,(H,17,18)/t14-/m0/s1. The third-order valence-corrected chi connectivity index (χ3v) is 3.71. The van der Waals surface area contributed by atoms with E-state index in [1.165, 1.54) is 25.0 Å². The fourth-order valence-corrected chi connectivity index (χ4v) is 2.35. The summed E-state index contributed by atoms with van der Waals surface area (Å²) in [6.07, 6.45) is 6.83. The van der Waals surface area contributed by atoms with E-state index in [1.54, 1.807) is 0 Å². The van der Waals surface area contributed by atoms with E-state index in [1.807, 2.05) is 42.1 Å². The van der Waals surface area contributed by atoms with Gasteiger partial charge in [0.1, 0.15) is 6.04 Å². The molecule has 0 saturated carbocycles. The Bertz CT molecular complexity index is 356. The molecule has 1 rings (SSSR count). The minimum Gasteiger partial charge on any atom is -0.354 e. The Morgan fingerprint density at radius 1 is 1.21 bits per heavy atom. The first-order chi connectivity index (χ1) is 9.25. The van der Waals surface area contributed by atoms with Gasteiger partial charge in [0.05, 0.1) is 0 Å². The van der Waals surface area contributed by atoms with Crippen LogP contribution in [-0.4, -0.2) is 24.5 Å². The summed E-state index contributed by atoms with van der Waals surface area (Å²) < 4.78 is 0. The van der Waals surface area contributed by atoms with Crippen LogP contribution in [0.25, 0.3) is 0 Å². The summed E-state index contributed by atoms with van der Waals surface area (Å²) in [5.74, 6) is 1.14. The Morgan fingerprint density at radius 2 is 1.89 bits per heavy atom. The molecule has 0 saturated heterocycles. The Balaban J connectivity index is 2.14. The van der Waals surface area contributed by atoms with Crippen molar-refractivity contribution in [1.29, 1.82) is 0 Å². The highest BCUT2D eigenvalue weighted by atomic mass is 32.2. The lowest BCUT2D eigenvalue weighted by Crippen LogP contribution is -2.34. The Morgan fingerprint density at radius 3 is 2.58 bits per heavy atom. The molecule has 0 heterocycles. The number of thioether (sulfide) groups is 1. The molecule has 1 aromatic carbocycles. The van der Waals surface area contributed by atoms with Crippen molar-refractivity contribution >= 4 is 17.7 Å². The monoisotopic (exact) mass is 280 g/mol. The van der Waals surface area contributed by atoms with E-state index in [0.29, 0.717) is 0 Å². The molecule has 106 valence electrons. The number of benzene rings is 1. The number of carbonyl (C=O) groups is 1. The molecular weight excluding hydrogens is 256 g/mol. The molecular formula is C15H24N2OS. The summed E-state index contributed by atoms with van der Waals surface area (Å²) in [6.45, 7) is 0.721. The van der Waals surface area contributed by atoms with E-state index in [4.69, 9.17) is 5.73 Å². The van der Waals surface area contributed by atoms with E-state index in [2.05, 4.69) is 11.6 Å². The maximum absolute atomic E-state index is 11.8. The molecule has 1 amide bonds. The van der Waals surface area contributed by atoms with Gasteiger partial charge in [-0.25, -0.2) is 0 Å². The third-order valence-electron chi connectivity index (χ3n) is 3.02. The topological polar surface area (TPSA) is 55.1 Å². The number of unbranched alkanes of at least 4 members (excludes halogenated alkanes) is 3. The van der Waals surface area contributed by atoms with E-state index in [9.17, 15) is 4.79 Å². The van der Waals surface area contributed by atoms with Crippen LogP contribution in [0.1, 0.15) is 37.3 Å². The third kappa shape index (κ3) is 6.64. The molecule has 0 aliphatic rings. The molecule has 1 aromatic rings. The lowest BCUT2D eigenvalue weighted by molar-refractivity contribution is -0.122. The zero-order valence-corrected chi connectivity index (χ0v) is 12.4. The molecule has 0 fully saturated rings. The van der Waals surface area contributed by atoms with Crippen LogP contribution in [-0.2, 0) is 4.79 Å². The molecule has 0 bridgehead atoms. The number of carbonyl (C=O) groups excluding carboxylic acids is 1. The molecule has 3 nitrogen and oxygen atoms in total. The van der Waals surface area contributed by atoms with E-state index >= 15 is 0 Å². The molecule has 1 atom stereocenters. The van der Waals surface area contributed by atoms with Gasteiger partial charge in [-0.05, 0) is 30.4 Å². The number of nitrogens with two attached hydrogens (primary N) is 1. The molecule has 0 spiro atoms. The largest absolute Gasteiger partial charge is 0.354 e. The minimum atomic E-state index is -0.558. The Hall–Kier alpha value is -1.00. The van der Waals surface area contributed by atoms with Gasteiger partial charge in [0.25, 0.3) is 0 Å². The highest BCUT2D eigenvalue weighted by molar-refractivity contribution is 7.98. The van der Waals surface area contributed by atoms with Gasteiger partial charge >= 0.3 is 0 Å². The van der Waals surface area contributed by atoms with E-state index in [-0.39, 0.29) is 5.91 Å².